The SMILES string of the molecule is C=C1CC(C)C/C1=C/CC(C)C. The predicted octanol–water partition coefficient (Wildman–Crippen LogP) is 3.95. The maximum absolute atomic E-state index is 4.10. The van der Waals surface area contributed by atoms with Crippen molar-refractivity contribution < 1.29 is 0 Å². The minimum atomic E-state index is 0.779. The van der Waals surface area contributed by atoms with Crippen molar-refractivity contribution >= 4 is 0 Å². The van der Waals surface area contributed by atoms with Crippen molar-refractivity contribution in [1.82, 2.24) is 0 Å². The summed E-state index contributed by atoms with van der Waals surface area (Å²) in [5, 5.41) is 0. The molecule has 1 aliphatic rings. The van der Waals surface area contributed by atoms with Gasteiger partial charge in [0.15, 0.2) is 0 Å². The van der Waals surface area contributed by atoms with Gasteiger partial charge in [0.05, 0.1) is 0 Å². The lowest BCUT2D eigenvalue weighted by Gasteiger charge is -2.01. The maximum Gasteiger partial charge on any atom is -0.0250 e. The molecule has 1 atom stereocenters. The van der Waals surface area contributed by atoms with Gasteiger partial charge in [-0.1, -0.05) is 39.0 Å². The van der Waals surface area contributed by atoms with Crippen LogP contribution in [0.15, 0.2) is 23.8 Å². The summed E-state index contributed by atoms with van der Waals surface area (Å²) in [6.07, 6.45) is 6.06. The van der Waals surface area contributed by atoms with Crippen LogP contribution in [-0.4, -0.2) is 0 Å². The first-order chi connectivity index (χ1) is 5.59. The quantitative estimate of drug-likeness (QED) is 0.580. The first kappa shape index (κ1) is 9.57. The zero-order chi connectivity index (χ0) is 9.14. The van der Waals surface area contributed by atoms with E-state index in [1.807, 2.05) is 0 Å². The van der Waals surface area contributed by atoms with Crippen LogP contribution in [0.5, 0.6) is 0 Å². The van der Waals surface area contributed by atoms with E-state index < -0.39 is 0 Å². The van der Waals surface area contributed by atoms with Gasteiger partial charge < -0.3 is 0 Å². The molecule has 0 aliphatic heterocycles. The van der Waals surface area contributed by atoms with Gasteiger partial charge in [-0.15, -0.1) is 0 Å². The standard InChI is InChI=1S/C12H20/c1-9(2)5-6-12-8-10(3)7-11(12)4/h6,9-10H,4-5,7-8H2,1-3H3/b12-6-. The molecular weight excluding hydrogens is 144 g/mol. The van der Waals surface area contributed by atoms with Gasteiger partial charge in [-0.25, -0.2) is 0 Å². The van der Waals surface area contributed by atoms with Crippen molar-refractivity contribution in [1.29, 1.82) is 0 Å². The molecule has 0 heteroatoms. The van der Waals surface area contributed by atoms with Crippen LogP contribution >= 0.6 is 0 Å². The van der Waals surface area contributed by atoms with Crippen molar-refractivity contribution in [2.45, 2.75) is 40.0 Å². The summed E-state index contributed by atoms with van der Waals surface area (Å²) in [4.78, 5) is 0. The number of rotatable bonds is 2. The van der Waals surface area contributed by atoms with Gasteiger partial charge in [0.1, 0.15) is 0 Å². The van der Waals surface area contributed by atoms with Crippen LogP contribution in [0.3, 0.4) is 0 Å². The number of hydrogen-bond donors (Lipinski definition) is 0. The molecule has 0 nitrogen and oxygen atoms in total. The molecular formula is C12H20. The highest BCUT2D eigenvalue weighted by atomic mass is 14.2. The topological polar surface area (TPSA) is 0 Å². The summed E-state index contributed by atoms with van der Waals surface area (Å²) in [6.45, 7) is 10.9. The third-order valence-corrected chi connectivity index (χ3v) is 2.45. The Morgan fingerprint density at radius 1 is 1.50 bits per heavy atom. The third kappa shape index (κ3) is 2.51. The van der Waals surface area contributed by atoms with Crippen molar-refractivity contribution in [3.8, 4) is 0 Å². The van der Waals surface area contributed by atoms with E-state index in [9.17, 15) is 0 Å². The van der Waals surface area contributed by atoms with Crippen molar-refractivity contribution in [3.63, 3.8) is 0 Å². The Kier molecular flexibility index (Phi) is 3.13. The van der Waals surface area contributed by atoms with Gasteiger partial charge in [-0.2, -0.15) is 0 Å². The second kappa shape index (κ2) is 3.93. The molecule has 0 N–H and O–H groups in total. The second-order valence-electron chi connectivity index (χ2n) is 4.48. The molecule has 12 heavy (non-hydrogen) atoms. The average Bonchev–Trinajstić information content (AvgIpc) is 2.26. The van der Waals surface area contributed by atoms with Crippen LogP contribution in [0.4, 0.5) is 0 Å². The number of hydrogen-bond acceptors (Lipinski definition) is 0. The molecule has 0 heterocycles. The first-order valence-corrected chi connectivity index (χ1v) is 4.96. The Morgan fingerprint density at radius 2 is 2.17 bits per heavy atom. The maximum atomic E-state index is 4.10. The summed E-state index contributed by atoms with van der Waals surface area (Å²) in [5.74, 6) is 1.61. The van der Waals surface area contributed by atoms with Crippen LogP contribution in [0.25, 0.3) is 0 Å². The molecule has 0 aromatic heterocycles. The normalized spacial score (nSPS) is 27.5. The molecule has 0 aromatic rings. The van der Waals surface area contributed by atoms with Gasteiger partial charge in [0.25, 0.3) is 0 Å². The summed E-state index contributed by atoms with van der Waals surface area (Å²) >= 11 is 0. The monoisotopic (exact) mass is 164 g/mol. The van der Waals surface area contributed by atoms with Gasteiger partial charge in [-0.3, -0.25) is 0 Å². The Labute approximate surface area is 76.4 Å². The van der Waals surface area contributed by atoms with Crippen LogP contribution in [-0.2, 0) is 0 Å². The summed E-state index contributed by atoms with van der Waals surface area (Å²) in [7, 11) is 0. The largest absolute Gasteiger partial charge is 0.0956 e. The van der Waals surface area contributed by atoms with Gasteiger partial charge in [0, 0.05) is 0 Å². The predicted molar refractivity (Wildman–Crippen MR) is 55.1 cm³/mol. The molecule has 68 valence electrons. The van der Waals surface area contributed by atoms with E-state index in [0.29, 0.717) is 0 Å². The van der Waals surface area contributed by atoms with E-state index in [0.717, 1.165) is 11.8 Å². The highest BCUT2D eigenvalue weighted by Gasteiger charge is 2.17. The van der Waals surface area contributed by atoms with Crippen LogP contribution in [0, 0.1) is 11.8 Å². The van der Waals surface area contributed by atoms with E-state index in [1.54, 1.807) is 0 Å². The molecule has 0 spiro atoms. The smallest absolute Gasteiger partial charge is 0.0250 e. The Hall–Kier alpha value is -0.520. The van der Waals surface area contributed by atoms with E-state index >= 15 is 0 Å². The van der Waals surface area contributed by atoms with Gasteiger partial charge in [-0.05, 0) is 36.7 Å². The molecule has 0 aromatic carbocycles. The van der Waals surface area contributed by atoms with Gasteiger partial charge >= 0.3 is 0 Å². The lowest BCUT2D eigenvalue weighted by atomic mass is 10.0. The van der Waals surface area contributed by atoms with Crippen LogP contribution in [0.2, 0.25) is 0 Å². The van der Waals surface area contributed by atoms with E-state index in [-0.39, 0.29) is 0 Å². The zero-order valence-corrected chi connectivity index (χ0v) is 8.56. The zero-order valence-electron chi connectivity index (χ0n) is 8.56. The second-order valence-corrected chi connectivity index (χ2v) is 4.48. The van der Waals surface area contributed by atoms with Crippen molar-refractivity contribution in [2.75, 3.05) is 0 Å². The van der Waals surface area contributed by atoms with E-state index in [1.165, 1.54) is 30.4 Å². The molecule has 0 radical (unpaired) electrons. The molecule has 0 amide bonds. The van der Waals surface area contributed by atoms with E-state index in [2.05, 4.69) is 33.4 Å². The molecule has 0 saturated heterocycles. The highest BCUT2D eigenvalue weighted by Crippen LogP contribution is 2.34. The Morgan fingerprint density at radius 3 is 2.58 bits per heavy atom. The van der Waals surface area contributed by atoms with Crippen molar-refractivity contribution in [3.05, 3.63) is 23.8 Å². The molecule has 1 aliphatic carbocycles. The highest BCUT2D eigenvalue weighted by molar-refractivity contribution is 5.33. The minimum Gasteiger partial charge on any atom is -0.0956 e. The lowest BCUT2D eigenvalue weighted by molar-refractivity contribution is 0.634. The summed E-state index contributed by atoms with van der Waals surface area (Å²) in [5.41, 5.74) is 2.90. The van der Waals surface area contributed by atoms with E-state index in [4.69, 9.17) is 0 Å². The molecule has 1 unspecified atom stereocenters. The number of allylic oxidation sites excluding steroid dienone is 3. The fraction of sp³-hybridized carbons (Fsp3) is 0.667. The lowest BCUT2D eigenvalue weighted by Crippen LogP contribution is -1.85. The fourth-order valence-corrected chi connectivity index (χ4v) is 1.75. The third-order valence-electron chi connectivity index (χ3n) is 2.45. The van der Waals surface area contributed by atoms with Crippen LogP contribution in [0.1, 0.15) is 40.0 Å². The molecule has 1 rings (SSSR count). The molecule has 1 fully saturated rings. The van der Waals surface area contributed by atoms with Crippen molar-refractivity contribution in [2.24, 2.45) is 11.8 Å². The fourth-order valence-electron chi connectivity index (χ4n) is 1.75. The van der Waals surface area contributed by atoms with Gasteiger partial charge in [0.2, 0.25) is 0 Å². The summed E-state index contributed by atoms with van der Waals surface area (Å²) in [6, 6.07) is 0. The summed E-state index contributed by atoms with van der Waals surface area (Å²) < 4.78 is 0. The average molecular weight is 164 g/mol. The molecule has 0 bridgehead atoms. The first-order valence-electron chi connectivity index (χ1n) is 4.96. The Balaban J connectivity index is 2.52. The minimum absolute atomic E-state index is 0.779. The molecule has 1 saturated carbocycles. The Bertz CT molecular complexity index is 196. The van der Waals surface area contributed by atoms with Crippen LogP contribution < -0.4 is 0 Å².